The zero-order chi connectivity index (χ0) is 27.8. The summed E-state index contributed by atoms with van der Waals surface area (Å²) in [4.78, 5) is 25.3. The van der Waals surface area contributed by atoms with Crippen LogP contribution >= 0.6 is 11.8 Å². The number of anilines is 1. The van der Waals surface area contributed by atoms with E-state index in [0.29, 0.717) is 17.2 Å². The van der Waals surface area contributed by atoms with Gasteiger partial charge in [0.15, 0.2) is 0 Å². The van der Waals surface area contributed by atoms with E-state index in [2.05, 4.69) is 17.6 Å². The minimum Gasteiger partial charge on any atom is -0.461 e. The lowest BCUT2D eigenvalue weighted by atomic mass is 9.91. The molecule has 9 atom stereocenters. The zero-order valence-corrected chi connectivity index (χ0v) is 22.9. The first-order valence-electron chi connectivity index (χ1n) is 13.1. The van der Waals surface area contributed by atoms with E-state index in [1.165, 1.54) is 13.2 Å². The number of nitrogen functional groups attached to an aromatic ring is 1. The molecule has 1 aromatic carbocycles. The second kappa shape index (κ2) is 14.5. The number of nitrogens with one attached hydrogen (secondary N) is 2. The summed E-state index contributed by atoms with van der Waals surface area (Å²) in [7, 11) is 1.48. The van der Waals surface area contributed by atoms with Crippen LogP contribution in [0.25, 0.3) is 0 Å². The lowest BCUT2D eigenvalue weighted by molar-refractivity contribution is -0.212. The van der Waals surface area contributed by atoms with Crippen molar-refractivity contribution in [3.8, 4) is 0 Å². The van der Waals surface area contributed by atoms with E-state index in [-0.39, 0.29) is 24.3 Å². The first-order valence-corrected chi connectivity index (χ1v) is 14.1. The Morgan fingerprint density at radius 2 is 2.03 bits per heavy atom. The first kappa shape index (κ1) is 30.6. The van der Waals surface area contributed by atoms with Crippen LogP contribution in [0.5, 0.6) is 0 Å². The van der Waals surface area contributed by atoms with Crippen molar-refractivity contribution in [1.82, 2.24) is 10.6 Å². The maximum atomic E-state index is 13.1. The van der Waals surface area contributed by atoms with E-state index >= 15 is 0 Å². The molecule has 0 unspecified atom stereocenters. The molecule has 0 aliphatic carbocycles. The highest BCUT2D eigenvalue weighted by atomic mass is 32.2. The number of aliphatic hydroxyl groups excluding tert-OH is 3. The van der Waals surface area contributed by atoms with Gasteiger partial charge in [-0.3, -0.25) is 4.79 Å². The standard InChI is InChI=1S/C26H41N3O8S/c1-4-6-15-11-18(28-13-15)24(33)29-19(14(2)35-3)23-21(31)20(30)22(32)26(37-23)38-10-9-36-25(34)16-7-5-8-17(27)12-16/h5,7-8,12,14-15,18-23,26,28,30-32H,4,6,9-11,13,27H2,1-3H3,(H,29,33)/t14-,15-,18+,19-,20+,21-,22-,23-,26-/m1/s1. The average Bonchev–Trinajstić information content (AvgIpc) is 3.38. The van der Waals surface area contributed by atoms with Gasteiger partial charge < -0.3 is 45.9 Å². The minimum atomic E-state index is -1.51. The van der Waals surface area contributed by atoms with Gasteiger partial charge in [0.2, 0.25) is 5.91 Å². The summed E-state index contributed by atoms with van der Waals surface area (Å²) in [5, 5.41) is 38.1. The molecule has 2 aliphatic heterocycles. The number of amides is 1. The summed E-state index contributed by atoms with van der Waals surface area (Å²) in [6, 6.07) is 5.27. The number of esters is 1. The normalized spacial score (nSPS) is 30.9. The van der Waals surface area contributed by atoms with Crippen molar-refractivity contribution in [2.75, 3.05) is 31.7 Å². The van der Waals surface area contributed by atoms with E-state index in [1.54, 1.807) is 25.1 Å². The number of benzene rings is 1. The fourth-order valence-corrected chi connectivity index (χ4v) is 5.85. The number of ether oxygens (including phenoxy) is 3. The number of rotatable bonds is 12. The molecule has 7 N–H and O–H groups in total. The fourth-order valence-electron chi connectivity index (χ4n) is 4.87. The van der Waals surface area contributed by atoms with E-state index in [0.717, 1.165) is 37.6 Å². The third-order valence-corrected chi connectivity index (χ3v) is 8.22. The number of carbonyl (C=O) groups excluding carboxylic acids is 2. The fraction of sp³-hybridized carbons (Fsp3) is 0.692. The number of aliphatic hydroxyl groups is 3. The number of nitrogens with two attached hydrogens (primary N) is 1. The second-order valence-corrected chi connectivity index (χ2v) is 11.1. The van der Waals surface area contributed by atoms with E-state index in [9.17, 15) is 24.9 Å². The van der Waals surface area contributed by atoms with Gasteiger partial charge in [-0.1, -0.05) is 19.4 Å². The summed E-state index contributed by atoms with van der Waals surface area (Å²) in [6.07, 6.45) is -3.17. The van der Waals surface area contributed by atoms with Crippen molar-refractivity contribution in [2.45, 2.75) is 81.1 Å². The van der Waals surface area contributed by atoms with Crippen LogP contribution in [0.3, 0.4) is 0 Å². The van der Waals surface area contributed by atoms with Crippen LogP contribution < -0.4 is 16.4 Å². The molecule has 0 spiro atoms. The predicted octanol–water partition coefficient (Wildman–Crippen LogP) is 0.264. The molecule has 38 heavy (non-hydrogen) atoms. The number of methoxy groups -OCH3 is 1. The van der Waals surface area contributed by atoms with Gasteiger partial charge in [0.05, 0.1) is 23.8 Å². The largest absolute Gasteiger partial charge is 0.461 e. The zero-order valence-electron chi connectivity index (χ0n) is 22.1. The molecule has 214 valence electrons. The summed E-state index contributed by atoms with van der Waals surface area (Å²) < 4.78 is 16.8. The Bertz CT molecular complexity index is 924. The average molecular weight is 556 g/mol. The van der Waals surface area contributed by atoms with Gasteiger partial charge >= 0.3 is 5.97 Å². The molecular weight excluding hydrogens is 514 g/mol. The van der Waals surface area contributed by atoms with Crippen molar-refractivity contribution >= 4 is 29.3 Å². The van der Waals surface area contributed by atoms with Gasteiger partial charge in [-0.05, 0) is 50.4 Å². The maximum absolute atomic E-state index is 13.1. The maximum Gasteiger partial charge on any atom is 0.338 e. The molecule has 1 aromatic rings. The van der Waals surface area contributed by atoms with E-state index in [4.69, 9.17) is 19.9 Å². The Morgan fingerprint density at radius 1 is 1.26 bits per heavy atom. The molecule has 2 saturated heterocycles. The topological polar surface area (TPSA) is 173 Å². The number of carbonyl (C=O) groups is 2. The molecule has 2 heterocycles. The number of hydrogen-bond donors (Lipinski definition) is 6. The SMILES string of the molecule is CCC[C@H]1CN[C@H](C(=O)N[C@@H]([C@H]2O[C@H](SCCOC(=O)c3cccc(N)c3)[C@H](O)[C@@H](O)[C@H]2O)[C@@H](C)OC)C1. The molecule has 0 aromatic heterocycles. The van der Waals surface area contributed by atoms with Crippen molar-refractivity contribution in [1.29, 1.82) is 0 Å². The van der Waals surface area contributed by atoms with Crippen LogP contribution in [0.2, 0.25) is 0 Å². The van der Waals surface area contributed by atoms with Gasteiger partial charge in [-0.15, -0.1) is 11.8 Å². The lowest BCUT2D eigenvalue weighted by Gasteiger charge is -2.44. The van der Waals surface area contributed by atoms with Crippen molar-refractivity contribution in [2.24, 2.45) is 5.92 Å². The van der Waals surface area contributed by atoms with Crippen LogP contribution in [0.15, 0.2) is 24.3 Å². The molecule has 0 radical (unpaired) electrons. The van der Waals surface area contributed by atoms with Crippen LogP contribution in [0.4, 0.5) is 5.69 Å². The summed E-state index contributed by atoms with van der Waals surface area (Å²) in [5.41, 5.74) is 5.54. The summed E-state index contributed by atoms with van der Waals surface area (Å²) in [5.74, 6) is -0.0783. The smallest absolute Gasteiger partial charge is 0.338 e. The van der Waals surface area contributed by atoms with Gasteiger partial charge in [-0.2, -0.15) is 0 Å². The Hall–Kier alpha value is -1.93. The molecule has 12 heteroatoms. The summed E-state index contributed by atoms with van der Waals surface area (Å²) in [6.45, 7) is 4.64. The van der Waals surface area contributed by atoms with E-state index < -0.39 is 48.0 Å². The highest BCUT2D eigenvalue weighted by molar-refractivity contribution is 7.99. The number of hydrogen-bond acceptors (Lipinski definition) is 11. The van der Waals surface area contributed by atoms with Crippen LogP contribution in [0.1, 0.15) is 43.5 Å². The van der Waals surface area contributed by atoms with Crippen molar-refractivity contribution in [3.63, 3.8) is 0 Å². The van der Waals surface area contributed by atoms with Gasteiger partial charge in [0.25, 0.3) is 0 Å². The molecule has 11 nitrogen and oxygen atoms in total. The lowest BCUT2D eigenvalue weighted by Crippen LogP contribution is -2.66. The van der Waals surface area contributed by atoms with Gasteiger partial charge in [-0.25, -0.2) is 4.79 Å². The molecule has 0 bridgehead atoms. The van der Waals surface area contributed by atoms with Gasteiger partial charge in [0, 0.05) is 18.6 Å². The number of thioether (sulfide) groups is 1. The predicted molar refractivity (Wildman–Crippen MR) is 143 cm³/mol. The molecule has 2 aliphatic rings. The van der Waals surface area contributed by atoms with Crippen LogP contribution in [-0.4, -0.2) is 101 Å². The van der Waals surface area contributed by atoms with E-state index in [1.807, 2.05) is 0 Å². The quantitative estimate of drug-likeness (QED) is 0.119. The first-order chi connectivity index (χ1) is 18.2. The Kier molecular flexibility index (Phi) is 11.6. The minimum absolute atomic E-state index is 0.0229. The third-order valence-electron chi connectivity index (χ3n) is 7.10. The molecule has 3 rings (SSSR count). The summed E-state index contributed by atoms with van der Waals surface area (Å²) >= 11 is 1.13. The van der Waals surface area contributed by atoms with Crippen molar-refractivity contribution in [3.05, 3.63) is 29.8 Å². The highest BCUT2D eigenvalue weighted by Gasteiger charge is 2.49. The van der Waals surface area contributed by atoms with Gasteiger partial charge in [0.1, 0.15) is 36.5 Å². The van der Waals surface area contributed by atoms with Crippen LogP contribution in [-0.2, 0) is 19.0 Å². The Labute approximate surface area is 227 Å². The van der Waals surface area contributed by atoms with Crippen LogP contribution in [0, 0.1) is 5.92 Å². The highest BCUT2D eigenvalue weighted by Crippen LogP contribution is 2.31. The monoisotopic (exact) mass is 555 g/mol. The second-order valence-electron chi connectivity index (χ2n) is 9.90. The Morgan fingerprint density at radius 3 is 2.71 bits per heavy atom. The molecule has 1 amide bonds. The Balaban J connectivity index is 1.60. The molecular formula is C26H41N3O8S. The van der Waals surface area contributed by atoms with Crippen molar-refractivity contribution < 1.29 is 39.1 Å². The molecule has 2 fully saturated rings. The third kappa shape index (κ3) is 7.81. The molecule has 0 saturated carbocycles.